The summed E-state index contributed by atoms with van der Waals surface area (Å²) in [4.78, 5) is 16.3. The van der Waals surface area contributed by atoms with E-state index in [0.29, 0.717) is 12.3 Å². The molecule has 1 saturated heterocycles. The third-order valence-electron chi connectivity index (χ3n) is 3.21. The number of nitrogens with one attached hydrogen (secondary N) is 2. The summed E-state index contributed by atoms with van der Waals surface area (Å²) in [5, 5.41) is 6.28. The van der Waals surface area contributed by atoms with Crippen LogP contribution in [0.1, 0.15) is 12.3 Å². The first-order valence-electron chi connectivity index (χ1n) is 6.69. The molecule has 1 aliphatic rings. The van der Waals surface area contributed by atoms with Crippen LogP contribution in [0.3, 0.4) is 0 Å². The number of carbonyl (C=O) groups is 1. The van der Waals surface area contributed by atoms with Crippen molar-refractivity contribution >= 4 is 34.5 Å². The van der Waals surface area contributed by atoms with Crippen LogP contribution in [0.2, 0.25) is 0 Å². The van der Waals surface area contributed by atoms with Gasteiger partial charge in [-0.25, -0.2) is 4.98 Å². The fraction of sp³-hybridized carbons (Fsp3) is 0.429. The zero-order chi connectivity index (χ0) is 13.9. The lowest BCUT2D eigenvalue weighted by Gasteiger charge is -2.22. The maximum Gasteiger partial charge on any atom is 0.225 e. The number of anilines is 1. The molecule has 5 nitrogen and oxygen atoms in total. The quantitative estimate of drug-likeness (QED) is 0.907. The topological polar surface area (TPSA) is 67.2 Å². The number of aryl methyl sites for hydroxylation is 1. The minimum Gasteiger partial charge on any atom is -0.441 e. The fourth-order valence-electron chi connectivity index (χ4n) is 2.31. The molecule has 2 heterocycles. The number of oxazole rings is 1. The van der Waals surface area contributed by atoms with Gasteiger partial charge in [-0.15, -0.1) is 0 Å². The second-order valence-corrected chi connectivity index (χ2v) is 6.04. The molecule has 1 aromatic heterocycles. The predicted octanol–water partition coefficient (Wildman–Crippen LogP) is 2.17. The second kappa shape index (κ2) is 5.85. The SMILES string of the molecule is Cc1nc2cc(NC(=O)CC3CSCCN3)ccc2o1. The Morgan fingerprint density at radius 3 is 3.30 bits per heavy atom. The van der Waals surface area contributed by atoms with Gasteiger partial charge in [0.15, 0.2) is 11.5 Å². The molecule has 1 aromatic carbocycles. The Labute approximate surface area is 121 Å². The first-order valence-corrected chi connectivity index (χ1v) is 7.84. The van der Waals surface area contributed by atoms with Crippen LogP contribution in [-0.4, -0.2) is 35.0 Å². The van der Waals surface area contributed by atoms with Crippen molar-refractivity contribution in [1.82, 2.24) is 10.3 Å². The Hall–Kier alpha value is -1.53. The molecule has 1 unspecified atom stereocenters. The molecule has 0 aliphatic carbocycles. The van der Waals surface area contributed by atoms with Crippen molar-refractivity contribution in [3.05, 3.63) is 24.1 Å². The smallest absolute Gasteiger partial charge is 0.225 e. The van der Waals surface area contributed by atoms with Gasteiger partial charge in [-0.1, -0.05) is 0 Å². The summed E-state index contributed by atoms with van der Waals surface area (Å²) in [5.74, 6) is 2.78. The highest BCUT2D eigenvalue weighted by Crippen LogP contribution is 2.20. The highest BCUT2D eigenvalue weighted by Gasteiger charge is 2.16. The molecule has 2 N–H and O–H groups in total. The van der Waals surface area contributed by atoms with Crippen LogP contribution < -0.4 is 10.6 Å². The van der Waals surface area contributed by atoms with Crippen LogP contribution in [0.25, 0.3) is 11.1 Å². The van der Waals surface area contributed by atoms with E-state index in [0.717, 1.165) is 34.8 Å². The molecule has 1 fully saturated rings. The zero-order valence-corrected chi connectivity index (χ0v) is 12.1. The zero-order valence-electron chi connectivity index (χ0n) is 11.3. The molecule has 2 aromatic rings. The lowest BCUT2D eigenvalue weighted by Crippen LogP contribution is -2.39. The molecule has 1 amide bonds. The summed E-state index contributed by atoms with van der Waals surface area (Å²) >= 11 is 1.89. The molecular formula is C14H17N3O2S. The van der Waals surface area contributed by atoms with E-state index < -0.39 is 0 Å². The van der Waals surface area contributed by atoms with Crippen LogP contribution >= 0.6 is 11.8 Å². The maximum absolute atomic E-state index is 12.0. The van der Waals surface area contributed by atoms with Gasteiger partial charge in [-0.2, -0.15) is 11.8 Å². The van der Waals surface area contributed by atoms with E-state index in [4.69, 9.17) is 4.42 Å². The molecule has 20 heavy (non-hydrogen) atoms. The monoisotopic (exact) mass is 291 g/mol. The number of thioether (sulfide) groups is 1. The minimum atomic E-state index is 0.0320. The van der Waals surface area contributed by atoms with E-state index in [1.165, 1.54) is 0 Å². The first kappa shape index (κ1) is 13.5. The van der Waals surface area contributed by atoms with Crippen molar-refractivity contribution < 1.29 is 9.21 Å². The summed E-state index contributed by atoms with van der Waals surface area (Å²) in [5.41, 5.74) is 2.27. The van der Waals surface area contributed by atoms with Gasteiger partial charge < -0.3 is 15.1 Å². The van der Waals surface area contributed by atoms with E-state index in [9.17, 15) is 4.79 Å². The number of rotatable bonds is 3. The van der Waals surface area contributed by atoms with Crippen LogP contribution in [0.4, 0.5) is 5.69 Å². The van der Waals surface area contributed by atoms with Crippen LogP contribution in [0.15, 0.2) is 22.6 Å². The molecule has 0 radical (unpaired) electrons. The number of amides is 1. The van der Waals surface area contributed by atoms with Gasteiger partial charge in [0.2, 0.25) is 5.91 Å². The van der Waals surface area contributed by atoms with Gasteiger partial charge in [0.05, 0.1) is 0 Å². The van der Waals surface area contributed by atoms with Crippen LogP contribution in [0.5, 0.6) is 0 Å². The van der Waals surface area contributed by atoms with E-state index in [-0.39, 0.29) is 11.9 Å². The number of carbonyl (C=O) groups excluding carboxylic acids is 1. The molecule has 3 rings (SSSR count). The van der Waals surface area contributed by atoms with Crippen LogP contribution in [-0.2, 0) is 4.79 Å². The Bertz CT molecular complexity index is 620. The second-order valence-electron chi connectivity index (χ2n) is 4.89. The number of fused-ring (bicyclic) bond motifs is 1. The summed E-state index contributed by atoms with van der Waals surface area (Å²) in [6.07, 6.45) is 0.503. The minimum absolute atomic E-state index is 0.0320. The third kappa shape index (κ3) is 3.13. The van der Waals surface area contributed by atoms with Gasteiger partial charge in [-0.3, -0.25) is 4.79 Å². The number of hydrogen-bond acceptors (Lipinski definition) is 5. The standard InChI is InChI=1S/C14H17N3O2S/c1-9-16-12-6-10(2-3-13(12)19-9)17-14(18)7-11-8-20-5-4-15-11/h2-3,6,11,15H,4-5,7-8H2,1H3,(H,17,18). The van der Waals surface area contributed by atoms with Gasteiger partial charge in [0.25, 0.3) is 0 Å². The Morgan fingerprint density at radius 1 is 1.60 bits per heavy atom. The third-order valence-corrected chi connectivity index (χ3v) is 4.34. The average Bonchev–Trinajstić information content (AvgIpc) is 2.79. The van der Waals surface area contributed by atoms with Crippen LogP contribution in [0, 0.1) is 6.92 Å². The first-order chi connectivity index (χ1) is 9.70. The lowest BCUT2D eigenvalue weighted by atomic mass is 10.2. The number of hydrogen-bond donors (Lipinski definition) is 2. The van der Waals surface area contributed by atoms with Crippen molar-refractivity contribution in [2.75, 3.05) is 23.4 Å². The summed E-state index contributed by atoms with van der Waals surface area (Å²) in [7, 11) is 0. The molecular weight excluding hydrogens is 274 g/mol. The van der Waals surface area contributed by atoms with Crippen molar-refractivity contribution in [1.29, 1.82) is 0 Å². The Kier molecular flexibility index (Phi) is 3.93. The number of aromatic nitrogens is 1. The van der Waals surface area contributed by atoms with E-state index in [2.05, 4.69) is 15.6 Å². The molecule has 0 saturated carbocycles. The number of benzene rings is 1. The molecule has 1 aliphatic heterocycles. The predicted molar refractivity (Wildman–Crippen MR) is 81.1 cm³/mol. The molecule has 0 spiro atoms. The van der Waals surface area contributed by atoms with E-state index >= 15 is 0 Å². The molecule has 0 bridgehead atoms. The summed E-state index contributed by atoms with van der Waals surface area (Å²) in [6, 6.07) is 5.78. The largest absolute Gasteiger partial charge is 0.441 e. The highest BCUT2D eigenvalue weighted by atomic mass is 32.2. The molecule has 1 atom stereocenters. The molecule has 6 heteroatoms. The van der Waals surface area contributed by atoms with Crippen molar-refractivity contribution in [3.63, 3.8) is 0 Å². The maximum atomic E-state index is 12.0. The normalized spacial score (nSPS) is 19.1. The van der Waals surface area contributed by atoms with Gasteiger partial charge >= 0.3 is 0 Å². The van der Waals surface area contributed by atoms with E-state index in [1.807, 2.05) is 36.9 Å². The molecule has 106 valence electrons. The van der Waals surface area contributed by atoms with E-state index in [1.54, 1.807) is 0 Å². The Morgan fingerprint density at radius 2 is 2.50 bits per heavy atom. The van der Waals surface area contributed by atoms with Gasteiger partial charge in [0.1, 0.15) is 5.52 Å². The summed E-state index contributed by atoms with van der Waals surface area (Å²) < 4.78 is 5.41. The Balaban J connectivity index is 1.64. The highest BCUT2D eigenvalue weighted by molar-refractivity contribution is 7.99. The van der Waals surface area contributed by atoms with Crippen molar-refractivity contribution in [3.8, 4) is 0 Å². The van der Waals surface area contributed by atoms with Crippen molar-refractivity contribution in [2.24, 2.45) is 0 Å². The fourth-order valence-corrected chi connectivity index (χ4v) is 3.26. The number of nitrogens with zero attached hydrogens (tertiary/aromatic N) is 1. The van der Waals surface area contributed by atoms with Gasteiger partial charge in [0, 0.05) is 43.1 Å². The summed E-state index contributed by atoms with van der Waals surface area (Å²) in [6.45, 7) is 2.79. The average molecular weight is 291 g/mol. The van der Waals surface area contributed by atoms with Gasteiger partial charge in [-0.05, 0) is 18.2 Å². The van der Waals surface area contributed by atoms with Crippen molar-refractivity contribution in [2.45, 2.75) is 19.4 Å². The lowest BCUT2D eigenvalue weighted by molar-refractivity contribution is -0.116.